The van der Waals surface area contributed by atoms with Crippen LogP contribution in [0.25, 0.3) is 0 Å². The predicted molar refractivity (Wildman–Crippen MR) is 84.5 cm³/mol. The van der Waals surface area contributed by atoms with Crippen molar-refractivity contribution in [2.24, 2.45) is 0 Å². The smallest absolute Gasteiger partial charge is 0.197 e. The van der Waals surface area contributed by atoms with Gasteiger partial charge in [0.1, 0.15) is 5.75 Å². The molecule has 0 unspecified atom stereocenters. The monoisotopic (exact) mass is 332 g/mol. The Balaban J connectivity index is 2.40. The zero-order chi connectivity index (χ0) is 14.5. The standard InChI is InChI=1S/C17H17BrO2/c1-3-10-20-16-7-5-4-6-14(16)17(19)15-11-13(18)9-8-12(15)2/h4-9,11H,3,10H2,1-2H3. The number of aryl methyl sites for hydroxylation is 1. The van der Waals surface area contributed by atoms with E-state index >= 15 is 0 Å². The van der Waals surface area contributed by atoms with E-state index in [1.807, 2.05) is 56.3 Å². The molecular formula is C17H17BrO2. The lowest BCUT2D eigenvalue weighted by molar-refractivity contribution is 0.103. The van der Waals surface area contributed by atoms with Gasteiger partial charge in [-0.3, -0.25) is 4.79 Å². The van der Waals surface area contributed by atoms with E-state index in [0.29, 0.717) is 23.5 Å². The van der Waals surface area contributed by atoms with E-state index in [0.717, 1.165) is 16.5 Å². The van der Waals surface area contributed by atoms with Gasteiger partial charge in [-0.25, -0.2) is 0 Å². The van der Waals surface area contributed by atoms with Crippen LogP contribution in [0.2, 0.25) is 0 Å². The number of ketones is 1. The number of para-hydroxylation sites is 1. The number of carbonyl (C=O) groups is 1. The van der Waals surface area contributed by atoms with Gasteiger partial charge >= 0.3 is 0 Å². The molecule has 0 fully saturated rings. The fourth-order valence-electron chi connectivity index (χ4n) is 1.98. The van der Waals surface area contributed by atoms with Crippen LogP contribution >= 0.6 is 15.9 Å². The second-order valence-electron chi connectivity index (χ2n) is 4.63. The Morgan fingerprint density at radius 3 is 2.65 bits per heavy atom. The molecule has 2 rings (SSSR count). The zero-order valence-corrected chi connectivity index (χ0v) is 13.2. The molecule has 0 heterocycles. The summed E-state index contributed by atoms with van der Waals surface area (Å²) in [5.41, 5.74) is 2.28. The van der Waals surface area contributed by atoms with Crippen molar-refractivity contribution < 1.29 is 9.53 Å². The quantitative estimate of drug-likeness (QED) is 0.736. The Hall–Kier alpha value is -1.61. The first-order chi connectivity index (χ1) is 9.63. The van der Waals surface area contributed by atoms with Crippen LogP contribution in [0, 0.1) is 6.92 Å². The van der Waals surface area contributed by atoms with Crippen molar-refractivity contribution in [3.63, 3.8) is 0 Å². The molecule has 0 saturated carbocycles. The van der Waals surface area contributed by atoms with Gasteiger partial charge in [-0.05, 0) is 43.2 Å². The van der Waals surface area contributed by atoms with E-state index < -0.39 is 0 Å². The topological polar surface area (TPSA) is 26.3 Å². The van der Waals surface area contributed by atoms with Crippen LogP contribution in [-0.4, -0.2) is 12.4 Å². The summed E-state index contributed by atoms with van der Waals surface area (Å²) in [4.78, 5) is 12.7. The third-order valence-corrected chi connectivity index (χ3v) is 3.53. The summed E-state index contributed by atoms with van der Waals surface area (Å²) in [5, 5.41) is 0. The minimum Gasteiger partial charge on any atom is -0.493 e. The molecule has 3 heteroatoms. The molecule has 0 radical (unpaired) electrons. The minimum atomic E-state index is -0.00416. The molecular weight excluding hydrogens is 316 g/mol. The van der Waals surface area contributed by atoms with Crippen LogP contribution in [0.1, 0.15) is 34.8 Å². The third kappa shape index (κ3) is 3.28. The van der Waals surface area contributed by atoms with Gasteiger partial charge in [-0.2, -0.15) is 0 Å². The molecule has 2 aromatic carbocycles. The summed E-state index contributed by atoms with van der Waals surface area (Å²) in [5.74, 6) is 0.647. The molecule has 0 atom stereocenters. The van der Waals surface area contributed by atoms with Crippen molar-refractivity contribution in [3.8, 4) is 5.75 Å². The molecule has 0 saturated heterocycles. The third-order valence-electron chi connectivity index (χ3n) is 3.04. The maximum Gasteiger partial charge on any atom is 0.197 e. The Bertz CT molecular complexity index is 620. The largest absolute Gasteiger partial charge is 0.493 e. The van der Waals surface area contributed by atoms with E-state index in [-0.39, 0.29) is 5.78 Å². The van der Waals surface area contributed by atoms with E-state index in [1.165, 1.54) is 0 Å². The SMILES string of the molecule is CCCOc1ccccc1C(=O)c1cc(Br)ccc1C. The summed E-state index contributed by atoms with van der Waals surface area (Å²) in [6.07, 6.45) is 0.915. The van der Waals surface area contributed by atoms with Gasteiger partial charge in [0, 0.05) is 10.0 Å². The summed E-state index contributed by atoms with van der Waals surface area (Å²) in [6.45, 7) is 4.60. The number of benzene rings is 2. The van der Waals surface area contributed by atoms with Gasteiger partial charge < -0.3 is 4.74 Å². The molecule has 2 aromatic rings. The number of hydrogen-bond donors (Lipinski definition) is 0. The van der Waals surface area contributed by atoms with Gasteiger partial charge in [-0.1, -0.05) is 41.1 Å². The Morgan fingerprint density at radius 1 is 1.15 bits per heavy atom. The Kier molecular flexibility index (Phi) is 4.96. The van der Waals surface area contributed by atoms with Crippen molar-refractivity contribution in [1.82, 2.24) is 0 Å². The molecule has 0 aliphatic heterocycles. The number of hydrogen-bond acceptors (Lipinski definition) is 2. The van der Waals surface area contributed by atoms with Crippen molar-refractivity contribution in [2.45, 2.75) is 20.3 Å². The van der Waals surface area contributed by atoms with Crippen LogP contribution in [0.3, 0.4) is 0 Å². The lowest BCUT2D eigenvalue weighted by atomic mass is 9.98. The summed E-state index contributed by atoms with van der Waals surface area (Å²) in [7, 11) is 0. The average molecular weight is 333 g/mol. The van der Waals surface area contributed by atoms with Gasteiger partial charge in [0.2, 0.25) is 0 Å². The number of carbonyl (C=O) groups excluding carboxylic acids is 1. The van der Waals surface area contributed by atoms with Gasteiger partial charge in [-0.15, -0.1) is 0 Å². The molecule has 20 heavy (non-hydrogen) atoms. The maximum atomic E-state index is 12.7. The highest BCUT2D eigenvalue weighted by Crippen LogP contribution is 2.25. The Morgan fingerprint density at radius 2 is 1.90 bits per heavy atom. The maximum absolute atomic E-state index is 12.7. The second-order valence-corrected chi connectivity index (χ2v) is 5.55. The molecule has 0 N–H and O–H groups in total. The average Bonchev–Trinajstić information content (AvgIpc) is 2.47. The fraction of sp³-hybridized carbons (Fsp3) is 0.235. The number of ether oxygens (including phenoxy) is 1. The highest BCUT2D eigenvalue weighted by Gasteiger charge is 2.16. The highest BCUT2D eigenvalue weighted by atomic mass is 79.9. The minimum absolute atomic E-state index is 0.00416. The first-order valence-electron chi connectivity index (χ1n) is 6.66. The first-order valence-corrected chi connectivity index (χ1v) is 7.45. The van der Waals surface area contributed by atoms with Crippen LogP contribution < -0.4 is 4.74 Å². The molecule has 0 aliphatic rings. The molecule has 104 valence electrons. The van der Waals surface area contributed by atoms with E-state index in [2.05, 4.69) is 15.9 Å². The molecule has 0 aliphatic carbocycles. The summed E-state index contributed by atoms with van der Waals surface area (Å²) in [6, 6.07) is 13.1. The number of rotatable bonds is 5. The second kappa shape index (κ2) is 6.71. The molecule has 0 bridgehead atoms. The number of halogens is 1. The lowest BCUT2D eigenvalue weighted by Gasteiger charge is -2.11. The summed E-state index contributed by atoms with van der Waals surface area (Å²) < 4.78 is 6.57. The molecule has 0 spiro atoms. The first kappa shape index (κ1) is 14.8. The Labute approximate surface area is 127 Å². The van der Waals surface area contributed by atoms with Crippen LogP contribution in [0.5, 0.6) is 5.75 Å². The van der Waals surface area contributed by atoms with Crippen LogP contribution in [0.4, 0.5) is 0 Å². The molecule has 2 nitrogen and oxygen atoms in total. The van der Waals surface area contributed by atoms with E-state index in [4.69, 9.17) is 4.74 Å². The molecule has 0 amide bonds. The highest BCUT2D eigenvalue weighted by molar-refractivity contribution is 9.10. The van der Waals surface area contributed by atoms with Crippen molar-refractivity contribution in [2.75, 3.05) is 6.61 Å². The lowest BCUT2D eigenvalue weighted by Crippen LogP contribution is -2.07. The van der Waals surface area contributed by atoms with Crippen molar-refractivity contribution in [3.05, 3.63) is 63.6 Å². The van der Waals surface area contributed by atoms with Gasteiger partial charge in [0.15, 0.2) is 5.78 Å². The van der Waals surface area contributed by atoms with Gasteiger partial charge in [0.25, 0.3) is 0 Å². The van der Waals surface area contributed by atoms with E-state index in [9.17, 15) is 4.79 Å². The molecule has 0 aromatic heterocycles. The summed E-state index contributed by atoms with van der Waals surface area (Å²) >= 11 is 3.41. The van der Waals surface area contributed by atoms with Crippen LogP contribution in [0.15, 0.2) is 46.9 Å². The van der Waals surface area contributed by atoms with Gasteiger partial charge in [0.05, 0.1) is 12.2 Å². The van der Waals surface area contributed by atoms with Crippen molar-refractivity contribution in [1.29, 1.82) is 0 Å². The zero-order valence-electron chi connectivity index (χ0n) is 11.7. The predicted octanol–water partition coefficient (Wildman–Crippen LogP) is 4.78. The van der Waals surface area contributed by atoms with Crippen molar-refractivity contribution >= 4 is 21.7 Å². The normalized spacial score (nSPS) is 10.3. The van der Waals surface area contributed by atoms with Crippen LogP contribution in [-0.2, 0) is 0 Å². The van der Waals surface area contributed by atoms with E-state index in [1.54, 1.807) is 0 Å². The fourth-order valence-corrected chi connectivity index (χ4v) is 2.34.